The van der Waals surface area contributed by atoms with Crippen molar-refractivity contribution in [1.82, 2.24) is 30.2 Å². The lowest BCUT2D eigenvalue weighted by Crippen LogP contribution is -2.54. The van der Waals surface area contributed by atoms with Crippen LogP contribution in [0.25, 0.3) is 0 Å². The Balaban J connectivity index is 1.62. The van der Waals surface area contributed by atoms with Gasteiger partial charge in [-0.2, -0.15) is 0 Å². The van der Waals surface area contributed by atoms with Crippen LogP contribution in [0.15, 0.2) is 53.5 Å². The molecule has 0 amide bonds. The normalized spacial score (nSPS) is 19.1. The zero-order valence-corrected chi connectivity index (χ0v) is 23.0. The minimum absolute atomic E-state index is 0.209. The van der Waals surface area contributed by atoms with Crippen molar-refractivity contribution in [3.05, 3.63) is 47.3 Å². The monoisotopic (exact) mass is 510 g/mol. The molecular weight excluding hydrogens is 472 g/mol. The van der Waals surface area contributed by atoms with Gasteiger partial charge >= 0.3 is 0 Å². The Bertz CT molecular complexity index is 1210. The third-order valence-corrected chi connectivity index (χ3v) is 6.20. The van der Waals surface area contributed by atoms with Gasteiger partial charge in [-0.05, 0) is 32.9 Å². The molecule has 2 aliphatic heterocycles. The number of aliphatic imine (C=N–C) groups is 4. The highest BCUT2D eigenvalue weighted by molar-refractivity contribution is 6.01. The van der Waals surface area contributed by atoms with Crippen molar-refractivity contribution in [2.75, 3.05) is 41.8 Å². The molecular formula is C25H38N10O2. The molecule has 0 saturated carbocycles. The van der Waals surface area contributed by atoms with Gasteiger partial charge in [0, 0.05) is 59.5 Å². The summed E-state index contributed by atoms with van der Waals surface area (Å²) in [6.07, 6.45) is 2.85. The number of hydrogen-bond donors (Lipinski definition) is 2. The van der Waals surface area contributed by atoms with E-state index < -0.39 is 0 Å². The number of nitrogens with zero attached hydrogens (tertiary/aromatic N) is 8. The number of nitrogens with one attached hydrogen (secondary N) is 2. The Labute approximate surface area is 218 Å². The molecule has 2 aliphatic rings. The van der Waals surface area contributed by atoms with Crippen LogP contribution in [0.5, 0.6) is 0 Å². The molecule has 12 heteroatoms. The van der Waals surface area contributed by atoms with Crippen molar-refractivity contribution < 1.29 is 8.83 Å². The van der Waals surface area contributed by atoms with E-state index in [9.17, 15) is 0 Å². The van der Waals surface area contributed by atoms with Crippen LogP contribution in [0.3, 0.4) is 0 Å². The minimum atomic E-state index is -0.366. The van der Waals surface area contributed by atoms with E-state index in [0.717, 1.165) is 46.5 Å². The second-order valence-corrected chi connectivity index (χ2v) is 9.70. The van der Waals surface area contributed by atoms with E-state index in [2.05, 4.69) is 25.4 Å². The fraction of sp³-hybridized carbons (Fsp3) is 0.520. The first-order valence-corrected chi connectivity index (χ1v) is 12.3. The average Bonchev–Trinajstić information content (AvgIpc) is 3.45. The number of furan rings is 2. The summed E-state index contributed by atoms with van der Waals surface area (Å²) >= 11 is 0. The lowest BCUT2D eigenvalue weighted by Gasteiger charge is -2.34. The Morgan fingerprint density at radius 1 is 0.730 bits per heavy atom. The number of hydrogen-bond acceptors (Lipinski definition) is 12. The lowest BCUT2D eigenvalue weighted by atomic mass is 10.2. The summed E-state index contributed by atoms with van der Waals surface area (Å²) in [5, 5.41) is 6.75. The van der Waals surface area contributed by atoms with Crippen LogP contribution in [0.2, 0.25) is 0 Å². The molecule has 4 heterocycles. The molecule has 2 aromatic heterocycles. The van der Waals surface area contributed by atoms with Gasteiger partial charge in [0.1, 0.15) is 17.7 Å². The molecule has 0 aromatic carbocycles. The van der Waals surface area contributed by atoms with E-state index in [-0.39, 0.29) is 12.3 Å². The van der Waals surface area contributed by atoms with E-state index >= 15 is 0 Å². The summed E-state index contributed by atoms with van der Waals surface area (Å²) in [6.45, 7) is 7.66. The van der Waals surface area contributed by atoms with Crippen molar-refractivity contribution in [1.29, 1.82) is 0 Å². The zero-order chi connectivity index (χ0) is 26.7. The van der Waals surface area contributed by atoms with Gasteiger partial charge in [0.2, 0.25) is 23.8 Å². The van der Waals surface area contributed by atoms with Gasteiger partial charge in [-0.25, -0.2) is 20.0 Å². The predicted octanol–water partition coefficient (Wildman–Crippen LogP) is 1.85. The number of guanidine groups is 4. The van der Waals surface area contributed by atoms with Crippen LogP contribution in [0.1, 0.15) is 29.6 Å². The summed E-state index contributed by atoms with van der Waals surface area (Å²) in [6, 6.07) is 3.98. The smallest absolute Gasteiger partial charge is 0.203 e. The second kappa shape index (κ2) is 11.0. The first kappa shape index (κ1) is 26.1. The van der Waals surface area contributed by atoms with Crippen molar-refractivity contribution in [3.63, 3.8) is 0 Å². The summed E-state index contributed by atoms with van der Waals surface area (Å²) in [5.74, 6) is 4.74. The van der Waals surface area contributed by atoms with Crippen LogP contribution in [-0.4, -0.2) is 97.6 Å². The van der Waals surface area contributed by atoms with Gasteiger partial charge in [-0.15, -0.1) is 0 Å². The molecule has 37 heavy (non-hydrogen) atoms. The third kappa shape index (κ3) is 6.25. The summed E-state index contributed by atoms with van der Waals surface area (Å²) in [7, 11) is 9.86. The Hall–Kier alpha value is -3.96. The van der Waals surface area contributed by atoms with Gasteiger partial charge in [-0.1, -0.05) is 0 Å². The summed E-state index contributed by atoms with van der Waals surface area (Å²) in [5.41, 5.74) is 2.19. The molecule has 2 unspecified atom stereocenters. The molecule has 2 aromatic rings. The molecule has 2 N–H and O–H groups in total. The first-order chi connectivity index (χ1) is 17.6. The molecule has 0 aliphatic carbocycles. The molecule has 0 bridgehead atoms. The van der Waals surface area contributed by atoms with Crippen LogP contribution < -0.4 is 10.6 Å². The highest BCUT2D eigenvalue weighted by Gasteiger charge is 2.27. The Morgan fingerprint density at radius 2 is 1.24 bits per heavy atom. The van der Waals surface area contributed by atoms with Crippen LogP contribution in [0.4, 0.5) is 0 Å². The second-order valence-electron chi connectivity index (χ2n) is 9.70. The van der Waals surface area contributed by atoms with E-state index in [4.69, 9.17) is 23.8 Å². The highest BCUT2D eigenvalue weighted by Crippen LogP contribution is 2.17. The Kier molecular flexibility index (Phi) is 7.74. The first-order valence-electron chi connectivity index (χ1n) is 12.3. The van der Waals surface area contributed by atoms with Crippen molar-refractivity contribution in [2.45, 2.75) is 46.2 Å². The zero-order valence-electron chi connectivity index (χ0n) is 23.0. The van der Waals surface area contributed by atoms with Crippen LogP contribution in [0, 0.1) is 13.8 Å². The van der Waals surface area contributed by atoms with Crippen LogP contribution in [-0.2, 0) is 13.1 Å². The summed E-state index contributed by atoms with van der Waals surface area (Å²) in [4.78, 5) is 27.4. The lowest BCUT2D eigenvalue weighted by molar-refractivity contribution is 0.356. The number of rotatable bonds is 6. The highest BCUT2D eigenvalue weighted by atomic mass is 16.3. The predicted molar refractivity (Wildman–Crippen MR) is 145 cm³/mol. The van der Waals surface area contributed by atoms with E-state index in [1.165, 1.54) is 0 Å². The van der Waals surface area contributed by atoms with Crippen molar-refractivity contribution in [2.24, 2.45) is 20.0 Å². The van der Waals surface area contributed by atoms with E-state index in [0.29, 0.717) is 19.6 Å². The topological polar surface area (TPSA) is 113 Å². The Morgan fingerprint density at radius 3 is 1.81 bits per heavy atom. The molecule has 0 saturated heterocycles. The fourth-order valence-electron chi connectivity index (χ4n) is 4.02. The van der Waals surface area contributed by atoms with E-state index in [1.807, 2.05) is 77.9 Å². The molecule has 4 rings (SSSR count). The molecule has 0 spiro atoms. The van der Waals surface area contributed by atoms with Gasteiger partial charge in [0.15, 0.2) is 6.17 Å². The molecule has 0 radical (unpaired) electrons. The molecule has 12 nitrogen and oxygen atoms in total. The SMILES string of the molecule is Cc1occc1CN(C)C1=NC(CN(Cc2ccoc2C)C2=NC(C)N=C(N(C)C)N2)N=C(N(C)C)N1. The fourth-order valence-corrected chi connectivity index (χ4v) is 4.02. The summed E-state index contributed by atoms with van der Waals surface area (Å²) < 4.78 is 11.1. The maximum absolute atomic E-state index is 5.57. The van der Waals surface area contributed by atoms with Crippen LogP contribution >= 0.6 is 0 Å². The standard InChI is InChI=1S/C25H38N10O2/c1-16-19(9-11-36-16)13-34(8)24-29-21(28-23(30-24)33(6)7)15-35(14-20-10-12-37-17(20)2)25-27-18(3)26-22(31-25)32(4)5/h9-12,18,21H,13-15H2,1-8H3,(H,26,27,31)(H,28,29,30). The maximum atomic E-state index is 5.57. The largest absolute Gasteiger partial charge is 0.469 e. The minimum Gasteiger partial charge on any atom is -0.469 e. The van der Waals surface area contributed by atoms with Gasteiger partial charge < -0.3 is 28.4 Å². The van der Waals surface area contributed by atoms with Gasteiger partial charge in [-0.3, -0.25) is 10.6 Å². The number of aryl methyl sites for hydroxylation is 2. The van der Waals surface area contributed by atoms with Gasteiger partial charge in [0.05, 0.1) is 19.1 Å². The quantitative estimate of drug-likeness (QED) is 0.606. The molecule has 200 valence electrons. The molecule has 2 atom stereocenters. The van der Waals surface area contributed by atoms with E-state index in [1.54, 1.807) is 12.5 Å². The third-order valence-electron chi connectivity index (χ3n) is 6.20. The van der Waals surface area contributed by atoms with Crippen molar-refractivity contribution >= 4 is 23.8 Å². The maximum Gasteiger partial charge on any atom is 0.203 e. The van der Waals surface area contributed by atoms with Gasteiger partial charge in [0.25, 0.3) is 0 Å². The molecule has 0 fully saturated rings. The van der Waals surface area contributed by atoms with Crippen molar-refractivity contribution in [3.8, 4) is 0 Å². The average molecular weight is 511 g/mol.